The number of nitrogens with two attached hydrogens (primary N) is 1. The minimum Gasteiger partial charge on any atom is -0.399 e. The van der Waals surface area contributed by atoms with Crippen LogP contribution in [0.2, 0.25) is 0 Å². The Hall–Kier alpha value is -1.06. The lowest BCUT2D eigenvalue weighted by atomic mass is 10.0. The maximum absolute atomic E-state index is 5.86. The highest BCUT2D eigenvalue weighted by Gasteiger charge is 2.26. The van der Waals surface area contributed by atoms with E-state index in [1.165, 1.54) is 17.5 Å². The highest BCUT2D eigenvalue weighted by Crippen LogP contribution is 2.33. The zero-order valence-electron chi connectivity index (χ0n) is 12.6. The lowest BCUT2D eigenvalue weighted by molar-refractivity contribution is 0.268. The van der Waals surface area contributed by atoms with Crippen LogP contribution >= 0.6 is 0 Å². The molecule has 0 saturated carbocycles. The van der Waals surface area contributed by atoms with E-state index in [-0.39, 0.29) is 0 Å². The molecule has 0 bridgehead atoms. The molecule has 0 fully saturated rings. The maximum Gasteiger partial charge on any atom is 0.0329 e. The third-order valence-corrected chi connectivity index (χ3v) is 4.03. The molecule has 3 N–H and O–H groups in total. The second-order valence-corrected chi connectivity index (χ2v) is 6.33. The number of nitrogens with zero attached hydrogens (tertiary/aromatic N) is 1. The molecule has 0 aliphatic heterocycles. The number of rotatable bonds is 5. The summed E-state index contributed by atoms with van der Waals surface area (Å²) in [7, 11) is 4.28. The van der Waals surface area contributed by atoms with Crippen LogP contribution in [0.4, 0.5) is 5.69 Å². The average Bonchev–Trinajstić information content (AvgIpc) is 2.70. The van der Waals surface area contributed by atoms with E-state index in [1.54, 1.807) is 0 Å². The largest absolute Gasteiger partial charge is 0.399 e. The van der Waals surface area contributed by atoms with Crippen LogP contribution in [0.5, 0.6) is 0 Å². The quantitative estimate of drug-likeness (QED) is 0.800. The zero-order chi connectivity index (χ0) is 14.0. The Balaban J connectivity index is 2.08. The Morgan fingerprint density at radius 1 is 1.37 bits per heavy atom. The predicted octanol–water partition coefficient (Wildman–Crippen LogP) is 2.43. The van der Waals surface area contributed by atoms with Gasteiger partial charge >= 0.3 is 0 Å². The van der Waals surface area contributed by atoms with Gasteiger partial charge in [0.2, 0.25) is 0 Å². The Labute approximate surface area is 117 Å². The maximum atomic E-state index is 5.86. The Morgan fingerprint density at radius 2 is 2.11 bits per heavy atom. The molecule has 0 spiro atoms. The molecule has 2 atom stereocenters. The van der Waals surface area contributed by atoms with Crippen molar-refractivity contribution in [3.8, 4) is 0 Å². The Bertz CT molecular complexity index is 426. The van der Waals surface area contributed by atoms with Gasteiger partial charge in [0.05, 0.1) is 0 Å². The monoisotopic (exact) mass is 261 g/mol. The molecule has 0 radical (unpaired) electrons. The zero-order valence-corrected chi connectivity index (χ0v) is 12.6. The molecule has 2 rings (SSSR count). The molecule has 1 aliphatic carbocycles. The molecule has 0 saturated heterocycles. The Kier molecular flexibility index (Phi) is 4.48. The fraction of sp³-hybridized carbons (Fsp3) is 0.625. The van der Waals surface area contributed by atoms with E-state index >= 15 is 0 Å². The number of aryl methyl sites for hydroxylation is 1. The summed E-state index contributed by atoms with van der Waals surface area (Å²) in [6.45, 7) is 5.67. The standard InChI is InChI=1S/C16H27N3/c1-11(2)16(10-19(3)4)18-15-8-5-12-9-13(17)6-7-14(12)15/h6-7,9,11,15-16,18H,5,8,10,17H2,1-4H3. The first-order valence-corrected chi connectivity index (χ1v) is 7.26. The van der Waals surface area contributed by atoms with Gasteiger partial charge < -0.3 is 16.0 Å². The van der Waals surface area contributed by atoms with Crippen molar-refractivity contribution in [2.75, 3.05) is 26.4 Å². The molecule has 0 aromatic heterocycles. The van der Waals surface area contributed by atoms with Crippen molar-refractivity contribution in [3.05, 3.63) is 29.3 Å². The van der Waals surface area contributed by atoms with Crippen LogP contribution in [-0.2, 0) is 6.42 Å². The molecule has 1 aromatic carbocycles. The van der Waals surface area contributed by atoms with Gasteiger partial charge in [-0.1, -0.05) is 19.9 Å². The van der Waals surface area contributed by atoms with Crippen molar-refractivity contribution in [1.82, 2.24) is 10.2 Å². The first-order valence-electron chi connectivity index (χ1n) is 7.26. The summed E-state index contributed by atoms with van der Waals surface area (Å²) >= 11 is 0. The molecule has 1 aromatic rings. The van der Waals surface area contributed by atoms with E-state index in [1.807, 2.05) is 6.07 Å². The first kappa shape index (κ1) is 14.4. The number of hydrogen-bond acceptors (Lipinski definition) is 3. The highest BCUT2D eigenvalue weighted by molar-refractivity contribution is 5.47. The van der Waals surface area contributed by atoms with Crippen molar-refractivity contribution < 1.29 is 0 Å². The smallest absolute Gasteiger partial charge is 0.0329 e. The molecular formula is C16H27N3. The number of anilines is 1. The number of nitrogen functional groups attached to an aromatic ring is 1. The molecule has 2 unspecified atom stereocenters. The van der Waals surface area contributed by atoms with E-state index in [9.17, 15) is 0 Å². The summed E-state index contributed by atoms with van der Waals surface area (Å²) in [6.07, 6.45) is 2.33. The third-order valence-electron chi connectivity index (χ3n) is 4.03. The van der Waals surface area contributed by atoms with Gasteiger partial charge in [-0.15, -0.1) is 0 Å². The topological polar surface area (TPSA) is 41.3 Å². The number of fused-ring (bicyclic) bond motifs is 1. The van der Waals surface area contributed by atoms with E-state index in [0.29, 0.717) is 18.0 Å². The van der Waals surface area contributed by atoms with Gasteiger partial charge in [-0.05, 0) is 56.1 Å². The van der Waals surface area contributed by atoms with Crippen molar-refractivity contribution in [2.24, 2.45) is 5.92 Å². The molecule has 0 amide bonds. The molecule has 3 heteroatoms. The third kappa shape index (κ3) is 3.48. The second-order valence-electron chi connectivity index (χ2n) is 6.33. The lowest BCUT2D eigenvalue weighted by Gasteiger charge is -2.29. The van der Waals surface area contributed by atoms with Gasteiger partial charge in [-0.25, -0.2) is 0 Å². The van der Waals surface area contributed by atoms with E-state index < -0.39 is 0 Å². The minimum atomic E-state index is 0.489. The molecule has 3 nitrogen and oxygen atoms in total. The average molecular weight is 261 g/mol. The molecular weight excluding hydrogens is 234 g/mol. The van der Waals surface area contributed by atoms with Gasteiger partial charge in [-0.2, -0.15) is 0 Å². The van der Waals surface area contributed by atoms with Gasteiger partial charge in [0.1, 0.15) is 0 Å². The fourth-order valence-corrected chi connectivity index (χ4v) is 2.92. The minimum absolute atomic E-state index is 0.489. The Morgan fingerprint density at radius 3 is 2.74 bits per heavy atom. The fourth-order valence-electron chi connectivity index (χ4n) is 2.92. The number of hydrogen-bond donors (Lipinski definition) is 2. The molecule has 0 heterocycles. The normalized spacial score (nSPS) is 20.0. The summed E-state index contributed by atoms with van der Waals surface area (Å²) < 4.78 is 0. The van der Waals surface area contributed by atoms with Crippen LogP contribution in [-0.4, -0.2) is 31.6 Å². The predicted molar refractivity (Wildman–Crippen MR) is 82.2 cm³/mol. The second kappa shape index (κ2) is 5.93. The number of nitrogens with one attached hydrogen (secondary N) is 1. The van der Waals surface area contributed by atoms with E-state index in [4.69, 9.17) is 5.73 Å². The number of benzene rings is 1. The van der Waals surface area contributed by atoms with Crippen molar-refractivity contribution >= 4 is 5.69 Å². The summed E-state index contributed by atoms with van der Waals surface area (Å²) in [4.78, 5) is 2.26. The van der Waals surface area contributed by atoms with Gasteiger partial charge in [-0.3, -0.25) is 0 Å². The van der Waals surface area contributed by atoms with E-state index in [0.717, 1.165) is 18.7 Å². The molecule has 106 valence electrons. The number of likely N-dealkylation sites (N-methyl/N-ethyl adjacent to an activating group) is 1. The SMILES string of the molecule is CC(C)C(CN(C)C)NC1CCc2cc(N)ccc21. The van der Waals surface area contributed by atoms with Crippen LogP contribution in [0.1, 0.15) is 37.4 Å². The first-order chi connectivity index (χ1) is 8.97. The van der Waals surface area contributed by atoms with Crippen LogP contribution < -0.4 is 11.1 Å². The summed E-state index contributed by atoms with van der Waals surface area (Å²) in [5.41, 5.74) is 9.61. The summed E-state index contributed by atoms with van der Waals surface area (Å²) in [5, 5.41) is 3.84. The van der Waals surface area contributed by atoms with Gasteiger partial charge in [0.15, 0.2) is 0 Å². The molecule has 19 heavy (non-hydrogen) atoms. The van der Waals surface area contributed by atoms with Crippen LogP contribution in [0.3, 0.4) is 0 Å². The van der Waals surface area contributed by atoms with Crippen LogP contribution in [0.15, 0.2) is 18.2 Å². The van der Waals surface area contributed by atoms with Crippen molar-refractivity contribution in [1.29, 1.82) is 0 Å². The van der Waals surface area contributed by atoms with Crippen LogP contribution in [0, 0.1) is 5.92 Å². The van der Waals surface area contributed by atoms with Gasteiger partial charge in [0.25, 0.3) is 0 Å². The van der Waals surface area contributed by atoms with Crippen molar-refractivity contribution in [3.63, 3.8) is 0 Å². The highest BCUT2D eigenvalue weighted by atomic mass is 15.1. The lowest BCUT2D eigenvalue weighted by Crippen LogP contribution is -2.43. The van der Waals surface area contributed by atoms with Gasteiger partial charge in [0, 0.05) is 24.3 Å². The van der Waals surface area contributed by atoms with Crippen LogP contribution in [0.25, 0.3) is 0 Å². The van der Waals surface area contributed by atoms with E-state index in [2.05, 4.69) is 50.3 Å². The molecule has 1 aliphatic rings. The summed E-state index contributed by atoms with van der Waals surface area (Å²) in [5.74, 6) is 0.639. The summed E-state index contributed by atoms with van der Waals surface area (Å²) in [6, 6.07) is 7.37. The van der Waals surface area contributed by atoms with Crippen molar-refractivity contribution in [2.45, 2.75) is 38.8 Å².